The van der Waals surface area contributed by atoms with Crippen LogP contribution in [0.1, 0.15) is 26.7 Å². The Morgan fingerprint density at radius 1 is 1.00 bits per heavy atom. The monoisotopic (exact) mass is 160 g/mol. The van der Waals surface area contributed by atoms with Crippen molar-refractivity contribution in [2.75, 3.05) is 0 Å². The minimum Gasteiger partial charge on any atom is -0.193 e. The molecule has 0 aliphatic carbocycles. The van der Waals surface area contributed by atoms with Gasteiger partial charge in [-0.3, -0.25) is 0 Å². The summed E-state index contributed by atoms with van der Waals surface area (Å²) in [6.45, 7) is 3.95. The third-order valence-corrected chi connectivity index (χ3v) is 1.65. The van der Waals surface area contributed by atoms with E-state index >= 15 is 0 Å². The van der Waals surface area contributed by atoms with Crippen molar-refractivity contribution >= 4 is 0 Å². The fourth-order valence-corrected chi connectivity index (χ4v) is 0.999. The van der Waals surface area contributed by atoms with E-state index in [4.69, 9.17) is 10.5 Å². The molecule has 0 saturated carbocycles. The van der Waals surface area contributed by atoms with Crippen molar-refractivity contribution < 1.29 is 0 Å². The number of rotatable bonds is 3. The topological polar surface area (TPSA) is 47.6 Å². The molecule has 2 heteroatoms. The highest BCUT2D eigenvalue weighted by molar-refractivity contribution is 5.36. The lowest BCUT2D eigenvalue weighted by Gasteiger charge is -2.03. The third kappa shape index (κ3) is 3.03. The van der Waals surface area contributed by atoms with Gasteiger partial charge in [-0.15, -0.1) is 0 Å². The summed E-state index contributed by atoms with van der Waals surface area (Å²) in [5.41, 5.74) is 1.92. The van der Waals surface area contributed by atoms with E-state index in [1.807, 2.05) is 26.0 Å². The maximum Gasteiger partial charge on any atom is 0.0915 e. The van der Waals surface area contributed by atoms with E-state index in [1.165, 1.54) is 12.2 Å². The Labute approximate surface area is 73.4 Å². The van der Waals surface area contributed by atoms with Crippen LogP contribution in [-0.2, 0) is 0 Å². The van der Waals surface area contributed by atoms with Crippen LogP contribution in [0.2, 0.25) is 0 Å². The van der Waals surface area contributed by atoms with Crippen molar-refractivity contribution in [3.63, 3.8) is 0 Å². The molecule has 0 spiro atoms. The van der Waals surface area contributed by atoms with E-state index in [1.54, 1.807) is 0 Å². The second-order valence-electron chi connectivity index (χ2n) is 2.30. The third-order valence-electron chi connectivity index (χ3n) is 1.65. The second-order valence-corrected chi connectivity index (χ2v) is 2.30. The lowest BCUT2D eigenvalue weighted by molar-refractivity contribution is 1.03. The van der Waals surface area contributed by atoms with Crippen LogP contribution < -0.4 is 0 Å². The summed E-state index contributed by atoms with van der Waals surface area (Å²) < 4.78 is 0. The zero-order valence-electron chi connectivity index (χ0n) is 7.46. The highest BCUT2D eigenvalue weighted by Crippen LogP contribution is 2.16. The van der Waals surface area contributed by atoms with Crippen molar-refractivity contribution in [3.05, 3.63) is 23.3 Å². The first-order chi connectivity index (χ1) is 5.79. The molecule has 62 valence electrons. The highest BCUT2D eigenvalue weighted by Gasteiger charge is 1.99. The summed E-state index contributed by atoms with van der Waals surface area (Å²) in [7, 11) is 0. The minimum atomic E-state index is 0.801. The molecule has 12 heavy (non-hydrogen) atoms. The van der Waals surface area contributed by atoms with Crippen molar-refractivity contribution in [1.82, 2.24) is 0 Å². The standard InChI is InChI=1S/C10H12N2/c1-3-9(5-7-11)10(4-2)6-8-12/h5-6H,3-4H2,1-2H3/b9-5+,10-6+. The molecular weight excluding hydrogens is 148 g/mol. The van der Waals surface area contributed by atoms with Gasteiger partial charge in [0.15, 0.2) is 0 Å². The number of allylic oxidation sites excluding steroid dienone is 4. The molecule has 0 fully saturated rings. The normalized spacial score (nSPS) is 12.0. The SMILES string of the molecule is CCC(=C\C#N)/C(=C/C#N)CC. The van der Waals surface area contributed by atoms with Crippen LogP contribution in [0, 0.1) is 22.7 Å². The van der Waals surface area contributed by atoms with Gasteiger partial charge in [0, 0.05) is 12.2 Å². The smallest absolute Gasteiger partial charge is 0.0915 e. The minimum absolute atomic E-state index is 0.801. The molecule has 2 nitrogen and oxygen atoms in total. The van der Waals surface area contributed by atoms with Crippen molar-refractivity contribution in [2.24, 2.45) is 0 Å². The van der Waals surface area contributed by atoms with Gasteiger partial charge in [-0.25, -0.2) is 0 Å². The van der Waals surface area contributed by atoms with Gasteiger partial charge in [-0.2, -0.15) is 10.5 Å². The van der Waals surface area contributed by atoms with Gasteiger partial charge in [0.25, 0.3) is 0 Å². The summed E-state index contributed by atoms with van der Waals surface area (Å²) in [5.74, 6) is 0. The zero-order valence-corrected chi connectivity index (χ0v) is 7.46. The van der Waals surface area contributed by atoms with E-state index in [2.05, 4.69) is 0 Å². The van der Waals surface area contributed by atoms with Gasteiger partial charge in [0.1, 0.15) is 0 Å². The zero-order chi connectivity index (χ0) is 9.40. The van der Waals surface area contributed by atoms with Gasteiger partial charge < -0.3 is 0 Å². The van der Waals surface area contributed by atoms with Crippen molar-refractivity contribution in [2.45, 2.75) is 26.7 Å². The van der Waals surface area contributed by atoms with E-state index in [-0.39, 0.29) is 0 Å². The van der Waals surface area contributed by atoms with Gasteiger partial charge in [0.05, 0.1) is 12.1 Å². The molecule has 0 atom stereocenters. The molecule has 0 N–H and O–H groups in total. The summed E-state index contributed by atoms with van der Waals surface area (Å²) >= 11 is 0. The molecule has 0 radical (unpaired) electrons. The van der Waals surface area contributed by atoms with E-state index in [9.17, 15) is 0 Å². The number of hydrogen-bond donors (Lipinski definition) is 0. The molecule has 0 bridgehead atoms. The summed E-state index contributed by atoms with van der Waals surface area (Å²) in [6, 6.07) is 3.96. The maximum absolute atomic E-state index is 8.44. The molecule has 0 saturated heterocycles. The molecule has 0 rings (SSSR count). The van der Waals surface area contributed by atoms with Crippen LogP contribution in [0.3, 0.4) is 0 Å². The quantitative estimate of drug-likeness (QED) is 0.470. The van der Waals surface area contributed by atoms with Crippen LogP contribution >= 0.6 is 0 Å². The fraction of sp³-hybridized carbons (Fsp3) is 0.400. The first-order valence-electron chi connectivity index (χ1n) is 3.97. The molecule has 0 unspecified atom stereocenters. The van der Waals surface area contributed by atoms with Crippen LogP contribution in [0.4, 0.5) is 0 Å². The summed E-state index contributed by atoms with van der Waals surface area (Å²) in [5, 5.41) is 16.9. The Morgan fingerprint density at radius 2 is 1.33 bits per heavy atom. The average Bonchev–Trinajstić information content (AvgIpc) is 2.11. The summed E-state index contributed by atoms with van der Waals surface area (Å²) in [6.07, 6.45) is 4.61. The Balaban J connectivity index is 4.74. The first kappa shape index (κ1) is 10.5. The Kier molecular flexibility index (Phi) is 5.39. The number of nitrogens with zero attached hydrogens (tertiary/aromatic N) is 2. The van der Waals surface area contributed by atoms with Gasteiger partial charge in [-0.05, 0) is 24.0 Å². The molecule has 0 aliphatic heterocycles. The Morgan fingerprint density at radius 3 is 1.50 bits per heavy atom. The number of nitriles is 2. The lowest BCUT2D eigenvalue weighted by Crippen LogP contribution is -1.86. The van der Waals surface area contributed by atoms with Gasteiger partial charge >= 0.3 is 0 Å². The Hall–Kier alpha value is -1.54. The van der Waals surface area contributed by atoms with Gasteiger partial charge in [0.2, 0.25) is 0 Å². The number of hydrogen-bond acceptors (Lipinski definition) is 2. The van der Waals surface area contributed by atoms with Crippen molar-refractivity contribution in [3.8, 4) is 12.1 Å². The molecule has 0 aromatic rings. The lowest BCUT2D eigenvalue weighted by atomic mass is 10.0. The highest BCUT2D eigenvalue weighted by atomic mass is 14.2. The molecule has 0 aromatic carbocycles. The predicted octanol–water partition coefficient (Wildman–Crippen LogP) is 2.71. The summed E-state index contributed by atoms with van der Waals surface area (Å²) in [4.78, 5) is 0. The van der Waals surface area contributed by atoms with Crippen LogP contribution in [0.5, 0.6) is 0 Å². The first-order valence-corrected chi connectivity index (χ1v) is 3.97. The van der Waals surface area contributed by atoms with E-state index in [0.29, 0.717) is 0 Å². The van der Waals surface area contributed by atoms with Crippen LogP contribution in [0.15, 0.2) is 23.3 Å². The predicted molar refractivity (Wildman–Crippen MR) is 48.0 cm³/mol. The maximum atomic E-state index is 8.44. The average molecular weight is 160 g/mol. The van der Waals surface area contributed by atoms with Crippen molar-refractivity contribution in [1.29, 1.82) is 10.5 Å². The molecule has 0 aliphatic rings. The Bertz CT molecular complexity index is 241. The largest absolute Gasteiger partial charge is 0.193 e. The molecule has 0 heterocycles. The van der Waals surface area contributed by atoms with E-state index < -0.39 is 0 Å². The molecular formula is C10H12N2. The fourth-order valence-electron chi connectivity index (χ4n) is 0.999. The van der Waals surface area contributed by atoms with Gasteiger partial charge in [-0.1, -0.05) is 13.8 Å². The van der Waals surface area contributed by atoms with Crippen LogP contribution in [-0.4, -0.2) is 0 Å². The van der Waals surface area contributed by atoms with Crippen LogP contribution in [0.25, 0.3) is 0 Å². The molecule has 0 amide bonds. The van der Waals surface area contributed by atoms with E-state index in [0.717, 1.165) is 24.0 Å². The second kappa shape index (κ2) is 6.19. The molecule has 0 aromatic heterocycles.